The van der Waals surface area contributed by atoms with Crippen LogP contribution in [0.5, 0.6) is 0 Å². The molecule has 0 radical (unpaired) electrons. The third-order valence-corrected chi connectivity index (χ3v) is 7.05. The van der Waals surface area contributed by atoms with Gasteiger partial charge >= 0.3 is 6.55 Å². The van der Waals surface area contributed by atoms with E-state index in [4.69, 9.17) is 0 Å². The quantitative estimate of drug-likeness (QED) is 0.328. The number of hydrogen-bond acceptors (Lipinski definition) is 4. The number of piperidine rings is 1. The van der Waals surface area contributed by atoms with Crippen LogP contribution in [0.1, 0.15) is 58.3 Å². The maximum Gasteiger partial charge on any atom is 0.333 e. The minimum absolute atomic E-state index is 0.00730. The number of halogens is 3. The highest BCUT2D eigenvalue weighted by atomic mass is 19.3. The smallest absolute Gasteiger partial charge is 0.333 e. The molecular weight excluding hydrogens is 521 g/mol. The van der Waals surface area contributed by atoms with Crippen molar-refractivity contribution >= 4 is 17.5 Å². The van der Waals surface area contributed by atoms with E-state index in [-0.39, 0.29) is 29.9 Å². The largest absolute Gasteiger partial charge is 0.337 e. The highest BCUT2D eigenvalue weighted by molar-refractivity contribution is 5.93. The molecule has 0 bridgehead atoms. The van der Waals surface area contributed by atoms with Crippen LogP contribution in [0.2, 0.25) is 0 Å². The van der Waals surface area contributed by atoms with E-state index in [1.165, 1.54) is 18.2 Å². The van der Waals surface area contributed by atoms with Crippen molar-refractivity contribution in [3.05, 3.63) is 101 Å². The highest BCUT2D eigenvalue weighted by Crippen LogP contribution is 2.25. The molecule has 0 saturated carbocycles. The van der Waals surface area contributed by atoms with Gasteiger partial charge in [-0.15, -0.1) is 0 Å². The van der Waals surface area contributed by atoms with Crippen LogP contribution in [0, 0.1) is 12.7 Å². The Morgan fingerprint density at radius 1 is 1.05 bits per heavy atom. The number of alkyl halides is 2. The summed E-state index contributed by atoms with van der Waals surface area (Å²) in [7, 11) is 0. The van der Waals surface area contributed by atoms with Crippen molar-refractivity contribution in [1.82, 2.24) is 24.5 Å². The monoisotopic (exact) mass is 550 g/mol. The molecule has 0 spiro atoms. The highest BCUT2D eigenvalue weighted by Gasteiger charge is 2.29. The van der Waals surface area contributed by atoms with Crippen LogP contribution >= 0.6 is 0 Å². The Morgan fingerprint density at radius 3 is 2.45 bits per heavy atom. The summed E-state index contributed by atoms with van der Waals surface area (Å²) in [6.45, 7) is -0.527. The number of carbonyl (C=O) groups excluding carboxylic acids is 2. The lowest BCUT2D eigenvalue weighted by molar-refractivity contribution is -0.115. The minimum atomic E-state index is -2.88. The Labute approximate surface area is 229 Å². The Bertz CT molecular complexity index is 1490. The standard InChI is InChI=1S/C29H29F3N6O2/c1-19-14-26(38(35-19)29(31)32)28(40)36-12-10-25(11-13-36)37-18-24(17-33-37)34-27(39)16-22-5-3-2-4-21(22)15-20-6-8-23(30)9-7-20/h2-9,14,17-18,25,29H,10-13,15-16H2,1H3,(H,34,39). The van der Waals surface area contributed by atoms with E-state index in [2.05, 4.69) is 15.5 Å². The van der Waals surface area contributed by atoms with Gasteiger partial charge < -0.3 is 10.2 Å². The summed E-state index contributed by atoms with van der Waals surface area (Å²) >= 11 is 0. The van der Waals surface area contributed by atoms with E-state index < -0.39 is 12.5 Å². The number of rotatable bonds is 8. The van der Waals surface area contributed by atoms with E-state index in [9.17, 15) is 22.8 Å². The third-order valence-electron chi connectivity index (χ3n) is 7.05. The first-order valence-corrected chi connectivity index (χ1v) is 13.1. The molecule has 2 aromatic heterocycles. The number of likely N-dealkylation sites (tertiary alicyclic amines) is 1. The SMILES string of the molecule is Cc1cc(C(=O)N2CCC(n3cc(NC(=O)Cc4ccccc4Cc4ccc(F)cc4)cn3)CC2)n(C(F)F)n1. The molecule has 2 amide bonds. The molecule has 1 fully saturated rings. The average molecular weight is 551 g/mol. The van der Waals surface area contributed by atoms with Gasteiger partial charge in [-0.2, -0.15) is 23.7 Å². The van der Waals surface area contributed by atoms with Gasteiger partial charge in [-0.3, -0.25) is 14.3 Å². The predicted molar refractivity (Wildman–Crippen MR) is 143 cm³/mol. The van der Waals surface area contributed by atoms with Gasteiger partial charge in [0.2, 0.25) is 5.91 Å². The number of nitrogens with one attached hydrogen (secondary N) is 1. The van der Waals surface area contributed by atoms with Crippen LogP contribution in [0.15, 0.2) is 67.0 Å². The topological polar surface area (TPSA) is 85.0 Å². The molecule has 5 rings (SSSR count). The fourth-order valence-electron chi connectivity index (χ4n) is 5.03. The van der Waals surface area contributed by atoms with Gasteiger partial charge in [-0.05, 0) is 61.1 Å². The van der Waals surface area contributed by atoms with E-state index >= 15 is 0 Å². The number of carbonyl (C=O) groups is 2. The summed E-state index contributed by atoms with van der Waals surface area (Å²) in [6, 6.07) is 15.4. The Kier molecular flexibility index (Phi) is 7.99. The summed E-state index contributed by atoms with van der Waals surface area (Å²) in [6.07, 6.45) is 5.31. The molecule has 2 aromatic carbocycles. The van der Waals surface area contributed by atoms with Crippen LogP contribution in [-0.2, 0) is 17.6 Å². The van der Waals surface area contributed by atoms with Gasteiger partial charge in [-0.1, -0.05) is 36.4 Å². The zero-order valence-corrected chi connectivity index (χ0v) is 21.9. The molecule has 1 N–H and O–H groups in total. The average Bonchev–Trinajstić information content (AvgIpc) is 3.57. The summed E-state index contributed by atoms with van der Waals surface area (Å²) < 4.78 is 42.0. The lowest BCUT2D eigenvalue weighted by Crippen LogP contribution is -2.40. The normalized spacial score (nSPS) is 14.1. The summed E-state index contributed by atoms with van der Waals surface area (Å²) in [5, 5.41) is 11.0. The van der Waals surface area contributed by atoms with Crippen molar-refractivity contribution in [1.29, 1.82) is 0 Å². The maximum absolute atomic E-state index is 13.3. The fourth-order valence-corrected chi connectivity index (χ4v) is 5.03. The van der Waals surface area contributed by atoms with Crippen LogP contribution in [0.3, 0.4) is 0 Å². The molecule has 8 nitrogen and oxygen atoms in total. The van der Waals surface area contributed by atoms with Gasteiger partial charge in [0.05, 0.1) is 30.0 Å². The molecule has 0 atom stereocenters. The number of aryl methyl sites for hydroxylation is 1. The Hall–Kier alpha value is -4.41. The zero-order valence-electron chi connectivity index (χ0n) is 21.9. The second kappa shape index (κ2) is 11.8. The lowest BCUT2D eigenvalue weighted by Gasteiger charge is -2.32. The zero-order chi connectivity index (χ0) is 28.2. The molecule has 0 aliphatic carbocycles. The summed E-state index contributed by atoms with van der Waals surface area (Å²) in [5.41, 5.74) is 3.65. The van der Waals surface area contributed by atoms with Crippen molar-refractivity contribution in [3.8, 4) is 0 Å². The van der Waals surface area contributed by atoms with E-state index in [0.717, 1.165) is 16.7 Å². The number of benzene rings is 2. The molecule has 1 aliphatic rings. The molecule has 11 heteroatoms. The van der Waals surface area contributed by atoms with Crippen LogP contribution in [0.25, 0.3) is 0 Å². The summed E-state index contributed by atoms with van der Waals surface area (Å²) in [5.74, 6) is -0.936. The van der Waals surface area contributed by atoms with Crippen molar-refractivity contribution in [3.63, 3.8) is 0 Å². The first-order valence-electron chi connectivity index (χ1n) is 13.1. The molecule has 0 unspecified atom stereocenters. The molecule has 1 saturated heterocycles. The number of nitrogens with zero attached hydrogens (tertiary/aromatic N) is 5. The fraction of sp³-hybridized carbons (Fsp3) is 0.310. The maximum atomic E-state index is 13.3. The molecule has 40 heavy (non-hydrogen) atoms. The van der Waals surface area contributed by atoms with Crippen molar-refractivity contribution in [2.45, 2.75) is 45.2 Å². The predicted octanol–water partition coefficient (Wildman–Crippen LogP) is 5.17. The van der Waals surface area contributed by atoms with Gasteiger partial charge in [0.15, 0.2) is 0 Å². The first-order chi connectivity index (χ1) is 19.3. The van der Waals surface area contributed by atoms with Crippen molar-refractivity contribution in [2.24, 2.45) is 0 Å². The van der Waals surface area contributed by atoms with Crippen LogP contribution in [0.4, 0.5) is 18.9 Å². The number of aromatic nitrogens is 4. The van der Waals surface area contributed by atoms with Gasteiger partial charge in [0, 0.05) is 19.3 Å². The van der Waals surface area contributed by atoms with Gasteiger partial charge in [0.1, 0.15) is 11.5 Å². The van der Waals surface area contributed by atoms with E-state index in [0.29, 0.717) is 48.4 Å². The first kappa shape index (κ1) is 27.2. The summed E-state index contributed by atoms with van der Waals surface area (Å²) in [4.78, 5) is 27.2. The second-order valence-corrected chi connectivity index (χ2v) is 9.92. The molecule has 208 valence electrons. The van der Waals surface area contributed by atoms with Crippen molar-refractivity contribution in [2.75, 3.05) is 18.4 Å². The minimum Gasteiger partial charge on any atom is -0.337 e. The number of hydrogen-bond donors (Lipinski definition) is 1. The lowest BCUT2D eigenvalue weighted by atomic mass is 9.97. The van der Waals surface area contributed by atoms with Crippen LogP contribution in [-0.4, -0.2) is 49.4 Å². The Balaban J connectivity index is 1.16. The molecule has 1 aliphatic heterocycles. The molecule has 4 aromatic rings. The van der Waals surface area contributed by atoms with Crippen molar-refractivity contribution < 1.29 is 22.8 Å². The van der Waals surface area contributed by atoms with Gasteiger partial charge in [0.25, 0.3) is 5.91 Å². The number of anilines is 1. The van der Waals surface area contributed by atoms with E-state index in [1.54, 1.807) is 41.0 Å². The van der Waals surface area contributed by atoms with Gasteiger partial charge in [-0.25, -0.2) is 4.39 Å². The van der Waals surface area contributed by atoms with E-state index in [1.807, 2.05) is 24.3 Å². The second-order valence-electron chi connectivity index (χ2n) is 9.92. The van der Waals surface area contributed by atoms with Crippen LogP contribution < -0.4 is 5.32 Å². The Morgan fingerprint density at radius 2 is 1.75 bits per heavy atom. The third kappa shape index (κ3) is 6.24. The molecule has 3 heterocycles. The molecular formula is C29H29F3N6O2. The number of amides is 2.